The molecule has 1 fully saturated rings. The number of rotatable bonds is 0. The Morgan fingerprint density at radius 1 is 1.24 bits per heavy atom. The van der Waals surface area contributed by atoms with E-state index in [1.165, 1.54) is 19.3 Å². The van der Waals surface area contributed by atoms with Crippen LogP contribution in [0.15, 0.2) is 22.7 Å². The van der Waals surface area contributed by atoms with Gasteiger partial charge in [0.25, 0.3) is 0 Å². The normalized spacial score (nSPS) is 26.4. The summed E-state index contributed by atoms with van der Waals surface area (Å²) in [5.74, 6) is 0.861. The van der Waals surface area contributed by atoms with E-state index in [2.05, 4.69) is 15.9 Å². The van der Waals surface area contributed by atoms with Gasteiger partial charge in [0.2, 0.25) is 0 Å². The van der Waals surface area contributed by atoms with Crippen molar-refractivity contribution in [2.75, 3.05) is 0 Å². The molecule has 92 valence electrons. The van der Waals surface area contributed by atoms with E-state index >= 15 is 0 Å². The highest BCUT2D eigenvalue weighted by atomic mass is 79.9. The third kappa shape index (κ3) is 2.11. The molecule has 1 atom stereocenters. The SMILES string of the molecule is OC1CC2(CCCCC2)Oc2cc(Br)ccc21. The summed E-state index contributed by atoms with van der Waals surface area (Å²) < 4.78 is 7.23. The summed E-state index contributed by atoms with van der Waals surface area (Å²) in [5, 5.41) is 10.3. The number of aliphatic hydroxyl groups is 1. The van der Waals surface area contributed by atoms with Gasteiger partial charge in [0.05, 0.1) is 6.10 Å². The van der Waals surface area contributed by atoms with Crippen LogP contribution >= 0.6 is 15.9 Å². The van der Waals surface area contributed by atoms with Crippen LogP contribution in [0.5, 0.6) is 5.75 Å². The maximum absolute atomic E-state index is 10.3. The molecule has 0 aromatic heterocycles. The molecule has 0 radical (unpaired) electrons. The van der Waals surface area contributed by atoms with E-state index in [1.807, 2.05) is 18.2 Å². The van der Waals surface area contributed by atoms with Crippen molar-refractivity contribution in [1.82, 2.24) is 0 Å². The number of aliphatic hydroxyl groups excluding tert-OH is 1. The molecule has 3 heteroatoms. The number of hydrogen-bond donors (Lipinski definition) is 1. The Bertz CT molecular complexity index is 424. The number of hydrogen-bond acceptors (Lipinski definition) is 2. The second-order valence-electron chi connectivity index (χ2n) is 5.25. The van der Waals surface area contributed by atoms with Crippen LogP contribution in [0.25, 0.3) is 0 Å². The molecule has 17 heavy (non-hydrogen) atoms. The summed E-state index contributed by atoms with van der Waals surface area (Å²) in [5.41, 5.74) is 0.829. The molecule has 1 heterocycles. The lowest BCUT2D eigenvalue weighted by Crippen LogP contribution is -2.42. The number of fused-ring (bicyclic) bond motifs is 1. The molecule has 3 rings (SSSR count). The second-order valence-corrected chi connectivity index (χ2v) is 6.16. The summed E-state index contributed by atoms with van der Waals surface area (Å²) in [6.45, 7) is 0. The smallest absolute Gasteiger partial charge is 0.127 e. The molecular weight excluding hydrogens is 280 g/mol. The molecule has 0 saturated heterocycles. The van der Waals surface area contributed by atoms with Gasteiger partial charge in [-0.3, -0.25) is 0 Å². The van der Waals surface area contributed by atoms with Gasteiger partial charge in [0, 0.05) is 16.5 Å². The Morgan fingerprint density at radius 2 is 2.00 bits per heavy atom. The van der Waals surface area contributed by atoms with E-state index < -0.39 is 0 Å². The monoisotopic (exact) mass is 296 g/mol. The van der Waals surface area contributed by atoms with Crippen molar-refractivity contribution in [2.45, 2.75) is 50.2 Å². The quantitative estimate of drug-likeness (QED) is 0.785. The summed E-state index contributed by atoms with van der Waals surface area (Å²) >= 11 is 3.46. The topological polar surface area (TPSA) is 29.5 Å². The maximum atomic E-state index is 10.3. The molecule has 2 aliphatic rings. The highest BCUT2D eigenvalue weighted by molar-refractivity contribution is 9.10. The van der Waals surface area contributed by atoms with Gasteiger partial charge in [-0.1, -0.05) is 28.4 Å². The van der Waals surface area contributed by atoms with Crippen LogP contribution in [-0.4, -0.2) is 10.7 Å². The van der Waals surface area contributed by atoms with Gasteiger partial charge >= 0.3 is 0 Å². The van der Waals surface area contributed by atoms with Crippen LogP contribution in [-0.2, 0) is 0 Å². The van der Waals surface area contributed by atoms with E-state index in [0.29, 0.717) is 0 Å². The van der Waals surface area contributed by atoms with Gasteiger partial charge in [-0.05, 0) is 37.8 Å². The van der Waals surface area contributed by atoms with E-state index in [1.54, 1.807) is 0 Å². The molecule has 1 aromatic rings. The van der Waals surface area contributed by atoms with Gasteiger partial charge in [-0.25, -0.2) is 0 Å². The van der Waals surface area contributed by atoms with Gasteiger partial charge in [0.1, 0.15) is 11.4 Å². The first kappa shape index (κ1) is 11.5. The zero-order valence-electron chi connectivity index (χ0n) is 9.79. The number of benzene rings is 1. The molecule has 0 amide bonds. The Hall–Kier alpha value is -0.540. The minimum atomic E-state index is -0.370. The summed E-state index contributed by atoms with van der Waals surface area (Å²) in [6, 6.07) is 5.90. The highest BCUT2D eigenvalue weighted by Crippen LogP contribution is 2.46. The van der Waals surface area contributed by atoms with Gasteiger partial charge in [-0.15, -0.1) is 0 Å². The molecule has 1 aliphatic carbocycles. The van der Waals surface area contributed by atoms with Crippen LogP contribution < -0.4 is 4.74 Å². The predicted molar refractivity (Wildman–Crippen MR) is 70.2 cm³/mol. The Balaban J connectivity index is 1.95. The maximum Gasteiger partial charge on any atom is 0.127 e. The predicted octanol–water partition coefficient (Wildman–Crippen LogP) is 3.97. The molecule has 0 bridgehead atoms. The second kappa shape index (κ2) is 4.29. The minimum Gasteiger partial charge on any atom is -0.487 e. The van der Waals surface area contributed by atoms with Crippen molar-refractivity contribution in [1.29, 1.82) is 0 Å². The molecule has 1 saturated carbocycles. The first-order chi connectivity index (χ1) is 8.19. The van der Waals surface area contributed by atoms with Crippen LogP contribution in [0.4, 0.5) is 0 Å². The first-order valence-corrected chi connectivity index (χ1v) is 7.14. The zero-order valence-corrected chi connectivity index (χ0v) is 11.4. The molecule has 1 aromatic carbocycles. The molecule has 1 N–H and O–H groups in total. The fraction of sp³-hybridized carbons (Fsp3) is 0.571. The third-order valence-electron chi connectivity index (χ3n) is 3.99. The Kier molecular flexibility index (Phi) is 2.91. The number of ether oxygens (including phenoxy) is 1. The fourth-order valence-corrected chi connectivity index (χ4v) is 3.45. The number of halogens is 1. The van der Waals surface area contributed by atoms with Crippen LogP contribution in [0.2, 0.25) is 0 Å². The lowest BCUT2D eigenvalue weighted by molar-refractivity contribution is -0.0382. The van der Waals surface area contributed by atoms with E-state index in [4.69, 9.17) is 4.74 Å². The van der Waals surface area contributed by atoms with Crippen LogP contribution in [0, 0.1) is 0 Å². The third-order valence-corrected chi connectivity index (χ3v) is 4.48. The lowest BCUT2D eigenvalue weighted by atomic mass is 9.78. The minimum absolute atomic E-state index is 0.106. The standard InChI is InChI=1S/C14H17BrO2/c15-10-4-5-11-12(16)9-14(17-13(11)8-10)6-2-1-3-7-14/h4-5,8,12,16H,1-3,6-7,9H2. The van der Waals surface area contributed by atoms with Crippen molar-refractivity contribution in [3.63, 3.8) is 0 Å². The molecule has 1 unspecified atom stereocenters. The average Bonchev–Trinajstić information content (AvgIpc) is 2.29. The van der Waals surface area contributed by atoms with Gasteiger partial charge < -0.3 is 9.84 Å². The first-order valence-electron chi connectivity index (χ1n) is 6.35. The highest BCUT2D eigenvalue weighted by Gasteiger charge is 2.41. The van der Waals surface area contributed by atoms with E-state index in [0.717, 1.165) is 35.0 Å². The summed E-state index contributed by atoms with van der Waals surface area (Å²) in [7, 11) is 0. The van der Waals surface area contributed by atoms with Crippen molar-refractivity contribution >= 4 is 15.9 Å². The molecule has 1 aliphatic heterocycles. The van der Waals surface area contributed by atoms with Crippen molar-refractivity contribution < 1.29 is 9.84 Å². The van der Waals surface area contributed by atoms with Crippen molar-refractivity contribution in [2.24, 2.45) is 0 Å². The van der Waals surface area contributed by atoms with Gasteiger partial charge in [-0.2, -0.15) is 0 Å². The van der Waals surface area contributed by atoms with E-state index in [-0.39, 0.29) is 11.7 Å². The Labute approximate surface area is 110 Å². The molecule has 2 nitrogen and oxygen atoms in total. The van der Waals surface area contributed by atoms with Crippen molar-refractivity contribution in [3.05, 3.63) is 28.2 Å². The lowest BCUT2D eigenvalue weighted by Gasteiger charge is -2.43. The van der Waals surface area contributed by atoms with Crippen LogP contribution in [0.3, 0.4) is 0 Å². The Morgan fingerprint density at radius 3 is 2.76 bits per heavy atom. The molecule has 1 spiro atoms. The summed E-state index contributed by atoms with van der Waals surface area (Å²) in [6.07, 6.45) is 6.27. The van der Waals surface area contributed by atoms with Crippen molar-refractivity contribution in [3.8, 4) is 5.75 Å². The van der Waals surface area contributed by atoms with Crippen LogP contribution in [0.1, 0.15) is 50.2 Å². The molecular formula is C14H17BrO2. The largest absolute Gasteiger partial charge is 0.487 e. The van der Waals surface area contributed by atoms with E-state index in [9.17, 15) is 5.11 Å². The zero-order chi connectivity index (χ0) is 11.9. The fourth-order valence-electron chi connectivity index (χ4n) is 3.11. The van der Waals surface area contributed by atoms with Gasteiger partial charge in [0.15, 0.2) is 0 Å². The average molecular weight is 297 g/mol. The summed E-state index contributed by atoms with van der Waals surface area (Å²) in [4.78, 5) is 0.